The van der Waals surface area contributed by atoms with Crippen LogP contribution in [-0.2, 0) is 0 Å². The fourth-order valence-corrected chi connectivity index (χ4v) is 11.4. The molecule has 294 valence electrons. The molecule has 0 saturated carbocycles. The predicted molar refractivity (Wildman–Crippen MR) is 278 cm³/mol. The van der Waals surface area contributed by atoms with Crippen molar-refractivity contribution >= 4 is 108 Å². The monoisotopic (exact) mass is 806 g/mol. The van der Waals surface area contributed by atoms with Crippen LogP contribution in [-0.4, -0.2) is 0 Å². The van der Waals surface area contributed by atoms with E-state index in [4.69, 9.17) is 0 Å². The molecular weight excluding hydrogens is 769 g/mol. The maximum atomic E-state index is 2.44. The molecule has 0 N–H and O–H groups in total. The second kappa shape index (κ2) is 13.6. The molecule has 0 spiro atoms. The van der Waals surface area contributed by atoms with Crippen LogP contribution in [0.25, 0.3) is 141 Å². The van der Waals surface area contributed by atoms with Crippen molar-refractivity contribution in [3.05, 3.63) is 231 Å². The summed E-state index contributed by atoms with van der Waals surface area (Å²) in [5.74, 6) is 0. The summed E-state index contributed by atoms with van der Waals surface area (Å²) >= 11 is 0. The molecule has 0 atom stereocenters. The predicted octanol–water partition coefficient (Wildman–Crippen LogP) is 18.2. The van der Waals surface area contributed by atoms with Crippen molar-refractivity contribution in [1.29, 1.82) is 0 Å². The zero-order chi connectivity index (χ0) is 41.9. The van der Waals surface area contributed by atoms with Gasteiger partial charge in [0.05, 0.1) is 0 Å². The molecule has 64 heavy (non-hydrogen) atoms. The normalized spacial score (nSPS) is 12.1. The minimum absolute atomic E-state index is 1.25. The molecule has 0 nitrogen and oxygen atoms in total. The van der Waals surface area contributed by atoms with Gasteiger partial charge in [0, 0.05) is 0 Å². The minimum atomic E-state index is 1.25. The molecule has 0 heteroatoms. The highest BCUT2D eigenvalue weighted by molar-refractivity contribution is 6.32. The van der Waals surface area contributed by atoms with E-state index in [0.29, 0.717) is 0 Å². The van der Waals surface area contributed by atoms with Crippen molar-refractivity contribution in [1.82, 2.24) is 0 Å². The Bertz CT molecular complexity index is 3910. The Morgan fingerprint density at radius 2 is 0.406 bits per heavy atom. The molecule has 0 fully saturated rings. The van der Waals surface area contributed by atoms with Gasteiger partial charge in [0.25, 0.3) is 0 Å². The fraction of sp³-hybridized carbons (Fsp3) is 0. The van der Waals surface area contributed by atoms with E-state index in [2.05, 4.69) is 231 Å². The van der Waals surface area contributed by atoms with Crippen molar-refractivity contribution in [3.8, 4) is 33.4 Å². The molecular formula is C64H38. The summed E-state index contributed by atoms with van der Waals surface area (Å²) in [5.41, 5.74) is 7.63. The third-order valence-corrected chi connectivity index (χ3v) is 14.1. The quantitative estimate of drug-likeness (QED) is 0.123. The highest BCUT2D eigenvalue weighted by atomic mass is 14.3. The summed E-state index contributed by atoms with van der Waals surface area (Å²) in [5, 5.41) is 25.3. The average Bonchev–Trinajstić information content (AvgIpc) is 3.36. The Kier molecular flexibility index (Phi) is 7.49. The van der Waals surface area contributed by atoms with Crippen molar-refractivity contribution < 1.29 is 0 Å². The summed E-state index contributed by atoms with van der Waals surface area (Å²) in [6.07, 6.45) is 0. The molecule has 0 aliphatic heterocycles. The third kappa shape index (κ3) is 5.05. The van der Waals surface area contributed by atoms with Crippen LogP contribution in [0, 0.1) is 0 Å². The van der Waals surface area contributed by atoms with Gasteiger partial charge < -0.3 is 0 Å². The summed E-state index contributed by atoms with van der Waals surface area (Å²) in [4.78, 5) is 0. The lowest BCUT2D eigenvalue weighted by Crippen LogP contribution is -1.95. The first-order valence-corrected chi connectivity index (χ1v) is 22.3. The van der Waals surface area contributed by atoms with Crippen LogP contribution in [0.4, 0.5) is 0 Å². The van der Waals surface area contributed by atoms with E-state index in [9.17, 15) is 0 Å². The SMILES string of the molecule is c1cc(-c2c3ccccc3c(-c3c4ccccc4c(-c4cccc5cc6ccc7ccccc7c6cc45)c4ccccc34)c3ccccc23)c2cc3c(ccc4ccccc43)cc2c1. The van der Waals surface area contributed by atoms with Crippen LogP contribution >= 0.6 is 0 Å². The molecule has 0 unspecified atom stereocenters. The first kappa shape index (κ1) is 35.3. The highest BCUT2D eigenvalue weighted by Gasteiger charge is 2.24. The van der Waals surface area contributed by atoms with Crippen LogP contribution in [0.3, 0.4) is 0 Å². The maximum absolute atomic E-state index is 2.44. The van der Waals surface area contributed by atoms with Gasteiger partial charge in [-0.25, -0.2) is 0 Å². The maximum Gasteiger partial charge on any atom is -0.00139 e. The van der Waals surface area contributed by atoms with E-state index in [1.165, 1.54) is 141 Å². The van der Waals surface area contributed by atoms with Crippen LogP contribution in [0.1, 0.15) is 0 Å². The molecule has 0 aliphatic carbocycles. The van der Waals surface area contributed by atoms with Gasteiger partial charge in [-0.3, -0.25) is 0 Å². The molecule has 0 aromatic heterocycles. The van der Waals surface area contributed by atoms with Crippen molar-refractivity contribution in [2.75, 3.05) is 0 Å². The third-order valence-electron chi connectivity index (χ3n) is 14.1. The first-order valence-electron chi connectivity index (χ1n) is 22.3. The first-order chi connectivity index (χ1) is 31.8. The summed E-state index contributed by atoms with van der Waals surface area (Å²) in [6, 6.07) is 86.4. The molecule has 0 aliphatic rings. The van der Waals surface area contributed by atoms with Gasteiger partial charge >= 0.3 is 0 Å². The van der Waals surface area contributed by atoms with E-state index in [1.807, 2.05) is 0 Å². The molecule has 0 amide bonds. The van der Waals surface area contributed by atoms with E-state index < -0.39 is 0 Å². The standard InChI is InChI=1S/C64H38/c1-3-19-45-39(15-1)31-33-43-35-41-17-13-29-55(59(41)37-57(43)45)61-47-21-5-9-25-51(47)63(52-26-10-6-22-48(52)61)64-53-27-11-7-23-49(53)62(50-24-8-12-28-54(50)64)56-30-14-18-42-36-44-34-32-40-16-2-4-20-46(40)58(44)38-60(42)56/h1-38H. The number of hydrogen-bond acceptors (Lipinski definition) is 0. The van der Waals surface area contributed by atoms with Gasteiger partial charge in [-0.1, -0.05) is 206 Å². The van der Waals surface area contributed by atoms with E-state index >= 15 is 0 Å². The molecule has 14 aromatic rings. The summed E-state index contributed by atoms with van der Waals surface area (Å²) in [6.45, 7) is 0. The van der Waals surface area contributed by atoms with Gasteiger partial charge in [0.1, 0.15) is 0 Å². The second-order valence-corrected chi connectivity index (χ2v) is 17.5. The Labute approximate surface area is 369 Å². The molecule has 0 heterocycles. The lowest BCUT2D eigenvalue weighted by Gasteiger charge is -2.23. The highest BCUT2D eigenvalue weighted by Crippen LogP contribution is 2.51. The van der Waals surface area contributed by atoms with Gasteiger partial charge in [0.2, 0.25) is 0 Å². The van der Waals surface area contributed by atoms with Gasteiger partial charge in [-0.05, 0) is 165 Å². The Hall–Kier alpha value is -8.32. The number of hydrogen-bond donors (Lipinski definition) is 0. The van der Waals surface area contributed by atoms with Crippen LogP contribution in [0.15, 0.2) is 231 Å². The van der Waals surface area contributed by atoms with Crippen LogP contribution in [0.5, 0.6) is 0 Å². The fourth-order valence-electron chi connectivity index (χ4n) is 11.4. The average molecular weight is 807 g/mol. The van der Waals surface area contributed by atoms with E-state index in [1.54, 1.807) is 0 Å². The Balaban J connectivity index is 1.09. The number of fused-ring (bicyclic) bond motifs is 12. The lowest BCUT2D eigenvalue weighted by atomic mass is 9.80. The van der Waals surface area contributed by atoms with Gasteiger partial charge in [-0.2, -0.15) is 0 Å². The second-order valence-electron chi connectivity index (χ2n) is 17.5. The summed E-state index contributed by atoms with van der Waals surface area (Å²) < 4.78 is 0. The molecule has 0 bridgehead atoms. The largest absolute Gasteiger partial charge is 0.0616 e. The topological polar surface area (TPSA) is 0 Å². The Morgan fingerprint density at radius 1 is 0.141 bits per heavy atom. The van der Waals surface area contributed by atoms with Crippen molar-refractivity contribution in [3.63, 3.8) is 0 Å². The molecule has 14 aromatic carbocycles. The molecule has 0 saturated heterocycles. The zero-order valence-corrected chi connectivity index (χ0v) is 34.9. The van der Waals surface area contributed by atoms with Crippen LogP contribution in [0.2, 0.25) is 0 Å². The summed E-state index contributed by atoms with van der Waals surface area (Å²) in [7, 11) is 0. The van der Waals surface area contributed by atoms with E-state index in [-0.39, 0.29) is 0 Å². The minimum Gasteiger partial charge on any atom is -0.0616 e. The van der Waals surface area contributed by atoms with Crippen LogP contribution < -0.4 is 0 Å². The lowest BCUT2D eigenvalue weighted by molar-refractivity contribution is 1.69. The zero-order valence-electron chi connectivity index (χ0n) is 34.9. The number of rotatable bonds is 3. The van der Waals surface area contributed by atoms with Gasteiger partial charge in [-0.15, -0.1) is 0 Å². The van der Waals surface area contributed by atoms with Gasteiger partial charge in [0.15, 0.2) is 0 Å². The number of benzene rings is 14. The smallest absolute Gasteiger partial charge is 0.00139 e. The van der Waals surface area contributed by atoms with Crippen molar-refractivity contribution in [2.24, 2.45) is 0 Å². The van der Waals surface area contributed by atoms with E-state index in [0.717, 1.165) is 0 Å². The molecule has 14 rings (SSSR count). The Morgan fingerprint density at radius 3 is 0.766 bits per heavy atom. The van der Waals surface area contributed by atoms with Crippen molar-refractivity contribution in [2.45, 2.75) is 0 Å². The molecule has 0 radical (unpaired) electrons.